The predicted molar refractivity (Wildman–Crippen MR) is 116 cm³/mol. The Balaban J connectivity index is 1.94. The van der Waals surface area contributed by atoms with Gasteiger partial charge in [-0.15, -0.1) is 0 Å². The van der Waals surface area contributed by atoms with E-state index < -0.39 is 5.97 Å². The van der Waals surface area contributed by atoms with Crippen LogP contribution in [0, 0.1) is 6.92 Å². The lowest BCUT2D eigenvalue weighted by Gasteiger charge is -2.11. The number of aromatic hydroxyl groups is 2. The Hall–Kier alpha value is -4.26. The number of aromatic nitrogens is 3. The Morgan fingerprint density at radius 3 is 2.13 bits per heavy atom. The van der Waals surface area contributed by atoms with Crippen LogP contribution < -0.4 is 0 Å². The van der Waals surface area contributed by atoms with Gasteiger partial charge in [0.1, 0.15) is 11.5 Å². The average molecular weight is 413 g/mol. The minimum absolute atomic E-state index is 0.0158. The molecule has 0 saturated heterocycles. The van der Waals surface area contributed by atoms with Crippen molar-refractivity contribution in [3.8, 4) is 45.7 Å². The first-order valence-electron chi connectivity index (χ1n) is 9.49. The van der Waals surface area contributed by atoms with Gasteiger partial charge in [0, 0.05) is 5.56 Å². The standard InChI is InChI=1S/C24H19N3O4/c1-14-10-11-18(20(29)12-14)23-26-21(15-6-5-7-16(13-15)24(30)31-2)25-22(27-23)17-8-3-4-9-19(17)28/h3-13,28-29H,1-2H3. The van der Waals surface area contributed by atoms with Crippen molar-refractivity contribution >= 4 is 5.97 Å². The van der Waals surface area contributed by atoms with Crippen molar-refractivity contribution in [2.24, 2.45) is 0 Å². The highest BCUT2D eigenvalue weighted by Gasteiger charge is 2.17. The van der Waals surface area contributed by atoms with E-state index in [4.69, 9.17) is 4.74 Å². The molecular formula is C24H19N3O4. The second-order valence-corrected chi connectivity index (χ2v) is 6.92. The number of nitrogens with zero attached hydrogens (tertiary/aromatic N) is 3. The molecule has 4 aromatic rings. The summed E-state index contributed by atoms with van der Waals surface area (Å²) < 4.78 is 4.80. The molecule has 4 rings (SSSR count). The highest BCUT2D eigenvalue weighted by atomic mass is 16.5. The third kappa shape index (κ3) is 4.06. The van der Waals surface area contributed by atoms with Crippen LogP contribution >= 0.6 is 0 Å². The van der Waals surface area contributed by atoms with Crippen molar-refractivity contribution in [1.82, 2.24) is 15.0 Å². The van der Waals surface area contributed by atoms with Gasteiger partial charge in [0.2, 0.25) is 0 Å². The molecule has 0 fully saturated rings. The molecule has 0 amide bonds. The quantitative estimate of drug-likeness (QED) is 0.478. The Bertz CT molecular complexity index is 1290. The van der Waals surface area contributed by atoms with Crippen molar-refractivity contribution in [3.05, 3.63) is 77.9 Å². The normalized spacial score (nSPS) is 10.6. The van der Waals surface area contributed by atoms with E-state index in [1.807, 2.05) is 13.0 Å². The van der Waals surface area contributed by atoms with Gasteiger partial charge >= 0.3 is 5.97 Å². The number of carbonyl (C=O) groups is 1. The van der Waals surface area contributed by atoms with Crippen LogP contribution in [0.25, 0.3) is 34.2 Å². The SMILES string of the molecule is COC(=O)c1cccc(-c2nc(-c3ccccc3O)nc(-c3ccc(C)cc3O)n2)c1. The molecule has 0 atom stereocenters. The third-order valence-corrected chi connectivity index (χ3v) is 4.72. The van der Waals surface area contributed by atoms with E-state index in [1.54, 1.807) is 60.7 Å². The molecule has 7 heteroatoms. The number of benzene rings is 3. The first-order chi connectivity index (χ1) is 15.0. The summed E-state index contributed by atoms with van der Waals surface area (Å²) >= 11 is 0. The van der Waals surface area contributed by atoms with E-state index >= 15 is 0 Å². The number of methoxy groups -OCH3 is 1. The first-order valence-corrected chi connectivity index (χ1v) is 9.49. The van der Waals surface area contributed by atoms with Crippen LogP contribution in [0.15, 0.2) is 66.7 Å². The summed E-state index contributed by atoms with van der Waals surface area (Å²) in [5.74, 6) is 0.332. The Labute approximate surface area is 178 Å². The predicted octanol–water partition coefficient (Wildman–Crippen LogP) is 4.38. The molecule has 154 valence electrons. The number of ether oxygens (including phenoxy) is 1. The fourth-order valence-electron chi connectivity index (χ4n) is 3.14. The Morgan fingerprint density at radius 1 is 0.774 bits per heavy atom. The van der Waals surface area contributed by atoms with Gasteiger partial charge in [-0.25, -0.2) is 19.7 Å². The van der Waals surface area contributed by atoms with Gasteiger partial charge in [-0.1, -0.05) is 30.3 Å². The van der Waals surface area contributed by atoms with Gasteiger partial charge in [0.05, 0.1) is 23.8 Å². The maximum atomic E-state index is 12.0. The topological polar surface area (TPSA) is 105 Å². The number of para-hydroxylation sites is 1. The van der Waals surface area contributed by atoms with Crippen molar-refractivity contribution in [2.75, 3.05) is 7.11 Å². The molecule has 0 bridgehead atoms. The van der Waals surface area contributed by atoms with Crippen LogP contribution in [-0.2, 0) is 4.74 Å². The largest absolute Gasteiger partial charge is 0.507 e. The van der Waals surface area contributed by atoms with Crippen LogP contribution in [0.1, 0.15) is 15.9 Å². The van der Waals surface area contributed by atoms with Crippen molar-refractivity contribution < 1.29 is 19.7 Å². The van der Waals surface area contributed by atoms with E-state index in [0.29, 0.717) is 22.3 Å². The lowest BCUT2D eigenvalue weighted by Crippen LogP contribution is -2.03. The molecule has 31 heavy (non-hydrogen) atoms. The number of hydrogen-bond acceptors (Lipinski definition) is 7. The molecule has 0 saturated carbocycles. The fraction of sp³-hybridized carbons (Fsp3) is 0.0833. The summed E-state index contributed by atoms with van der Waals surface area (Å²) in [6.07, 6.45) is 0. The molecule has 0 spiro atoms. The lowest BCUT2D eigenvalue weighted by atomic mass is 10.1. The molecule has 3 aromatic carbocycles. The molecule has 0 aliphatic carbocycles. The second-order valence-electron chi connectivity index (χ2n) is 6.92. The van der Waals surface area contributed by atoms with Crippen LogP contribution in [-0.4, -0.2) is 38.2 Å². The summed E-state index contributed by atoms with van der Waals surface area (Å²) in [7, 11) is 1.31. The maximum Gasteiger partial charge on any atom is 0.337 e. The highest BCUT2D eigenvalue weighted by Crippen LogP contribution is 2.32. The smallest absolute Gasteiger partial charge is 0.337 e. The second kappa shape index (κ2) is 8.23. The summed E-state index contributed by atoms with van der Waals surface area (Å²) in [4.78, 5) is 25.5. The molecular weight excluding hydrogens is 394 g/mol. The van der Waals surface area contributed by atoms with Crippen LogP contribution in [0.2, 0.25) is 0 Å². The zero-order valence-corrected chi connectivity index (χ0v) is 16.9. The van der Waals surface area contributed by atoms with E-state index in [9.17, 15) is 15.0 Å². The van der Waals surface area contributed by atoms with E-state index in [1.165, 1.54) is 7.11 Å². The van der Waals surface area contributed by atoms with Gasteiger partial charge in [-0.2, -0.15) is 0 Å². The molecule has 2 N–H and O–H groups in total. The van der Waals surface area contributed by atoms with Gasteiger partial charge in [-0.05, 0) is 48.9 Å². The zero-order valence-electron chi connectivity index (χ0n) is 16.9. The first kappa shape index (κ1) is 20.0. The average Bonchev–Trinajstić information content (AvgIpc) is 2.78. The van der Waals surface area contributed by atoms with Crippen LogP contribution in [0.5, 0.6) is 11.5 Å². The number of rotatable bonds is 4. The van der Waals surface area contributed by atoms with Crippen LogP contribution in [0.3, 0.4) is 0 Å². The maximum absolute atomic E-state index is 12.0. The summed E-state index contributed by atoms with van der Waals surface area (Å²) in [6.45, 7) is 1.87. The third-order valence-electron chi connectivity index (χ3n) is 4.72. The van der Waals surface area contributed by atoms with Gasteiger partial charge in [0.25, 0.3) is 0 Å². The number of phenolic OH excluding ortho intramolecular Hbond substituents is 2. The fourth-order valence-corrected chi connectivity index (χ4v) is 3.14. The molecule has 0 radical (unpaired) electrons. The monoisotopic (exact) mass is 413 g/mol. The van der Waals surface area contributed by atoms with Crippen molar-refractivity contribution in [3.63, 3.8) is 0 Å². The summed E-state index contributed by atoms with van der Waals surface area (Å²) in [5, 5.41) is 20.8. The molecule has 0 unspecified atom stereocenters. The number of carbonyl (C=O) groups excluding carboxylic acids is 1. The highest BCUT2D eigenvalue weighted by molar-refractivity contribution is 5.90. The minimum Gasteiger partial charge on any atom is -0.507 e. The van der Waals surface area contributed by atoms with E-state index in [0.717, 1.165) is 5.56 Å². The molecule has 1 aromatic heterocycles. The number of hydrogen-bond donors (Lipinski definition) is 2. The number of esters is 1. The zero-order chi connectivity index (χ0) is 22.0. The van der Waals surface area contributed by atoms with Crippen molar-refractivity contribution in [1.29, 1.82) is 0 Å². The molecule has 0 aliphatic rings. The van der Waals surface area contributed by atoms with E-state index in [2.05, 4.69) is 15.0 Å². The number of aryl methyl sites for hydroxylation is 1. The molecule has 7 nitrogen and oxygen atoms in total. The van der Waals surface area contributed by atoms with E-state index in [-0.39, 0.29) is 29.0 Å². The Morgan fingerprint density at radius 2 is 1.45 bits per heavy atom. The minimum atomic E-state index is -0.478. The Kier molecular flexibility index (Phi) is 5.32. The number of phenols is 2. The molecule has 1 heterocycles. The lowest BCUT2D eigenvalue weighted by molar-refractivity contribution is 0.0601. The van der Waals surface area contributed by atoms with Crippen LogP contribution in [0.4, 0.5) is 0 Å². The summed E-state index contributed by atoms with van der Waals surface area (Å²) in [6, 6.07) is 18.6. The summed E-state index contributed by atoms with van der Waals surface area (Å²) in [5.41, 5.74) is 2.65. The van der Waals surface area contributed by atoms with Crippen molar-refractivity contribution in [2.45, 2.75) is 6.92 Å². The van der Waals surface area contributed by atoms with Gasteiger partial charge in [-0.3, -0.25) is 0 Å². The van der Waals surface area contributed by atoms with Gasteiger partial charge < -0.3 is 14.9 Å². The molecule has 0 aliphatic heterocycles. The van der Waals surface area contributed by atoms with Gasteiger partial charge in [0.15, 0.2) is 17.5 Å².